The van der Waals surface area contributed by atoms with Crippen molar-refractivity contribution in [3.8, 4) is 0 Å². The normalized spacial score (nSPS) is 13.2. The number of hydrogen-bond acceptors (Lipinski definition) is 4. The first-order chi connectivity index (χ1) is 15.8. The summed E-state index contributed by atoms with van der Waals surface area (Å²) in [7, 11) is 0. The molecule has 0 aliphatic carbocycles. The highest BCUT2D eigenvalue weighted by Gasteiger charge is 2.34. The van der Waals surface area contributed by atoms with Crippen LogP contribution in [0, 0.1) is 6.92 Å². The maximum atomic E-state index is 12.8. The predicted octanol–water partition coefficient (Wildman–Crippen LogP) is 4.48. The van der Waals surface area contributed by atoms with Crippen molar-refractivity contribution in [3.63, 3.8) is 0 Å². The number of carboxylic acids is 1. The van der Waals surface area contributed by atoms with E-state index in [9.17, 15) is 14.7 Å². The summed E-state index contributed by atoms with van der Waals surface area (Å²) in [5, 5.41) is 19.0. The molecular weight excluding hydrogens is 418 g/mol. The summed E-state index contributed by atoms with van der Waals surface area (Å²) < 4.78 is 7.32. The van der Waals surface area contributed by atoms with Crippen LogP contribution < -0.4 is 0 Å². The molecule has 3 aromatic rings. The van der Waals surface area contributed by atoms with Crippen LogP contribution in [0.15, 0.2) is 72.9 Å². The summed E-state index contributed by atoms with van der Waals surface area (Å²) in [6, 6.07) is 18.9. The average molecular weight is 448 g/mol. The highest BCUT2D eigenvalue weighted by atomic mass is 16.5. The van der Waals surface area contributed by atoms with E-state index < -0.39 is 11.6 Å². The van der Waals surface area contributed by atoms with Gasteiger partial charge in [0.05, 0.1) is 18.9 Å². The van der Waals surface area contributed by atoms with Crippen molar-refractivity contribution in [1.82, 2.24) is 4.57 Å². The third kappa shape index (κ3) is 6.28. The molecule has 0 saturated heterocycles. The molecule has 0 bridgehead atoms. The van der Waals surface area contributed by atoms with Gasteiger partial charge in [-0.25, -0.2) is 4.79 Å². The second kappa shape index (κ2) is 10.9. The molecule has 0 radical (unpaired) electrons. The minimum Gasteiger partial charge on any atom is -0.479 e. The van der Waals surface area contributed by atoms with Gasteiger partial charge in [-0.15, -0.1) is 0 Å². The van der Waals surface area contributed by atoms with Gasteiger partial charge >= 0.3 is 5.97 Å². The number of aromatic nitrogens is 1. The molecule has 2 N–H and O–H groups in total. The summed E-state index contributed by atoms with van der Waals surface area (Å²) >= 11 is 0. The number of aryl methyl sites for hydroxylation is 1. The molecule has 0 unspecified atom stereocenters. The summed E-state index contributed by atoms with van der Waals surface area (Å²) in [6.07, 6.45) is 5.93. The van der Waals surface area contributed by atoms with Crippen LogP contribution in [0.2, 0.25) is 0 Å². The lowest BCUT2D eigenvalue weighted by molar-refractivity contribution is -0.166. The van der Waals surface area contributed by atoms with Crippen molar-refractivity contribution in [2.45, 2.75) is 39.0 Å². The summed E-state index contributed by atoms with van der Waals surface area (Å²) in [4.78, 5) is 23.9. The van der Waals surface area contributed by atoms with Crippen molar-refractivity contribution < 1.29 is 24.5 Å². The first kappa shape index (κ1) is 24.2. The minimum atomic E-state index is -1.86. The Balaban J connectivity index is 1.55. The van der Waals surface area contributed by atoms with Crippen molar-refractivity contribution >= 4 is 17.8 Å². The minimum absolute atomic E-state index is 0.00405. The van der Waals surface area contributed by atoms with E-state index in [2.05, 4.69) is 0 Å². The predicted molar refractivity (Wildman–Crippen MR) is 127 cm³/mol. The average Bonchev–Trinajstić information content (AvgIpc) is 3.28. The summed E-state index contributed by atoms with van der Waals surface area (Å²) in [5.41, 5.74) is 2.44. The molecule has 0 aliphatic rings. The summed E-state index contributed by atoms with van der Waals surface area (Å²) in [6.45, 7) is 4.12. The summed E-state index contributed by atoms with van der Waals surface area (Å²) in [5.74, 6) is -1.28. The lowest BCUT2D eigenvalue weighted by atomic mass is 10.0. The van der Waals surface area contributed by atoms with Gasteiger partial charge in [-0.1, -0.05) is 73.2 Å². The maximum absolute atomic E-state index is 12.8. The zero-order valence-electron chi connectivity index (χ0n) is 18.9. The lowest BCUT2D eigenvalue weighted by Crippen LogP contribution is -2.42. The van der Waals surface area contributed by atoms with E-state index in [1.54, 1.807) is 6.92 Å². The monoisotopic (exact) mass is 447 g/mol. The molecule has 1 heterocycles. The van der Waals surface area contributed by atoms with Crippen LogP contribution in [0.25, 0.3) is 6.08 Å². The second-order valence-electron chi connectivity index (χ2n) is 8.07. The van der Waals surface area contributed by atoms with Crippen LogP contribution in [0.3, 0.4) is 0 Å². The highest BCUT2D eigenvalue weighted by Crippen LogP contribution is 2.15. The van der Waals surface area contributed by atoms with Crippen molar-refractivity contribution in [2.75, 3.05) is 6.61 Å². The van der Waals surface area contributed by atoms with E-state index >= 15 is 0 Å². The van der Waals surface area contributed by atoms with E-state index in [0.717, 1.165) is 16.7 Å². The Labute approximate surface area is 193 Å². The fraction of sp³-hybridized carbons (Fsp3) is 0.259. The molecule has 6 heteroatoms. The van der Waals surface area contributed by atoms with Gasteiger partial charge in [0.2, 0.25) is 5.78 Å². The largest absolute Gasteiger partial charge is 0.479 e. The number of aliphatic carboxylic acids is 1. The second-order valence-corrected chi connectivity index (χ2v) is 8.07. The van der Waals surface area contributed by atoms with Gasteiger partial charge in [0, 0.05) is 18.3 Å². The van der Waals surface area contributed by atoms with Gasteiger partial charge in [0.15, 0.2) is 5.60 Å². The van der Waals surface area contributed by atoms with Gasteiger partial charge in [0.1, 0.15) is 0 Å². The number of rotatable bonds is 11. The topological polar surface area (TPSA) is 88.8 Å². The highest BCUT2D eigenvalue weighted by molar-refractivity contribution is 6.08. The molecule has 1 atom stereocenters. The zero-order chi connectivity index (χ0) is 23.8. The number of aliphatic hydroxyl groups is 1. The Hall–Kier alpha value is -3.48. The number of benzene rings is 2. The Morgan fingerprint density at radius 1 is 1.06 bits per heavy atom. The van der Waals surface area contributed by atoms with Crippen molar-refractivity contribution in [2.24, 2.45) is 0 Å². The van der Waals surface area contributed by atoms with Gasteiger partial charge in [-0.3, -0.25) is 4.79 Å². The van der Waals surface area contributed by atoms with E-state index in [-0.39, 0.29) is 25.4 Å². The molecule has 6 nitrogen and oxygen atoms in total. The van der Waals surface area contributed by atoms with Gasteiger partial charge < -0.3 is 19.5 Å². The van der Waals surface area contributed by atoms with Crippen LogP contribution in [-0.4, -0.2) is 38.7 Å². The molecule has 33 heavy (non-hydrogen) atoms. The quantitative estimate of drug-likeness (QED) is 0.423. The SMILES string of the molecule is CC[C@@](O)(COCc1ccc(C=CCn2cccc2C(=O)c2ccc(C)cc2)cc1)C(=O)O. The van der Waals surface area contributed by atoms with E-state index in [0.29, 0.717) is 17.8 Å². The number of allylic oxidation sites excluding steroid dienone is 1. The van der Waals surface area contributed by atoms with Crippen LogP contribution in [-0.2, 0) is 22.7 Å². The van der Waals surface area contributed by atoms with Crippen LogP contribution in [0.1, 0.15) is 46.1 Å². The lowest BCUT2D eigenvalue weighted by Gasteiger charge is -2.21. The van der Waals surface area contributed by atoms with Gasteiger partial charge in [-0.05, 0) is 36.6 Å². The Bertz CT molecular complexity index is 1110. The van der Waals surface area contributed by atoms with Crippen LogP contribution in [0.5, 0.6) is 0 Å². The fourth-order valence-electron chi connectivity index (χ4n) is 3.31. The van der Waals surface area contributed by atoms with Crippen molar-refractivity contribution in [3.05, 3.63) is 101 Å². The maximum Gasteiger partial charge on any atom is 0.338 e. The Kier molecular flexibility index (Phi) is 7.98. The Morgan fingerprint density at radius 2 is 1.76 bits per heavy atom. The molecule has 0 saturated carbocycles. The third-order valence-corrected chi connectivity index (χ3v) is 5.56. The third-order valence-electron chi connectivity index (χ3n) is 5.56. The van der Waals surface area contributed by atoms with Crippen molar-refractivity contribution in [1.29, 1.82) is 0 Å². The first-order valence-corrected chi connectivity index (χ1v) is 10.9. The number of hydrogen-bond donors (Lipinski definition) is 2. The number of carboxylic acid groups (broad SMARTS) is 1. The van der Waals surface area contributed by atoms with E-state index in [1.807, 2.05) is 90.5 Å². The van der Waals surface area contributed by atoms with E-state index in [1.165, 1.54) is 0 Å². The zero-order valence-corrected chi connectivity index (χ0v) is 18.9. The number of carbonyl (C=O) groups excluding carboxylic acids is 1. The number of ether oxygens (including phenoxy) is 1. The molecule has 3 rings (SSSR count). The van der Waals surface area contributed by atoms with Gasteiger partial charge in [-0.2, -0.15) is 0 Å². The molecule has 0 aliphatic heterocycles. The Morgan fingerprint density at radius 3 is 2.39 bits per heavy atom. The van der Waals surface area contributed by atoms with Crippen LogP contribution >= 0.6 is 0 Å². The molecule has 2 aromatic carbocycles. The number of nitrogens with zero attached hydrogens (tertiary/aromatic N) is 1. The van der Waals surface area contributed by atoms with Gasteiger partial charge in [0.25, 0.3) is 0 Å². The molecule has 172 valence electrons. The van der Waals surface area contributed by atoms with Crippen LogP contribution in [0.4, 0.5) is 0 Å². The molecule has 0 amide bonds. The standard InChI is InChI=1S/C27H29NO5/c1-3-27(32,26(30)31)19-33-18-22-12-10-21(11-13-22)6-4-16-28-17-5-7-24(28)25(29)23-14-8-20(2)9-15-23/h4-15,17,32H,3,16,18-19H2,1-2H3,(H,30,31)/t27-/m1/s1. The number of carbonyl (C=O) groups is 2. The molecular formula is C27H29NO5. The number of ketones is 1. The smallest absolute Gasteiger partial charge is 0.338 e. The first-order valence-electron chi connectivity index (χ1n) is 10.9. The molecule has 1 aromatic heterocycles. The molecule has 0 spiro atoms. The fourth-order valence-corrected chi connectivity index (χ4v) is 3.31. The van der Waals surface area contributed by atoms with E-state index in [4.69, 9.17) is 9.84 Å². The molecule has 0 fully saturated rings.